The third-order valence-electron chi connectivity index (χ3n) is 5.17. The highest BCUT2D eigenvalue weighted by molar-refractivity contribution is 7.12. The molecule has 0 saturated carbocycles. The monoisotopic (exact) mass is 419 g/mol. The maximum atomic E-state index is 12.8. The number of nitrogens with one attached hydrogen (secondary N) is 1. The molecule has 28 heavy (non-hydrogen) atoms. The van der Waals surface area contributed by atoms with Gasteiger partial charge in [0.25, 0.3) is 5.91 Å². The summed E-state index contributed by atoms with van der Waals surface area (Å²) in [6.45, 7) is 1.66. The molecule has 1 aliphatic heterocycles. The number of likely N-dealkylation sites (N-methyl/N-ethyl adjacent to an activating group) is 1. The Morgan fingerprint density at radius 1 is 1.29 bits per heavy atom. The summed E-state index contributed by atoms with van der Waals surface area (Å²) in [4.78, 5) is 30.0. The maximum absolute atomic E-state index is 12.8. The minimum Gasteiger partial charge on any atom is -0.354 e. The van der Waals surface area contributed by atoms with E-state index in [0.29, 0.717) is 24.7 Å². The standard InChI is InChI=1S/C21H26ClN3O2S/c1-24(2)18(16-8-3-4-9-17(16)22)13-23-20(26)15-7-5-11-25(14-15)21(27)19-10-6-12-28-19/h3-4,6,8-10,12,15,18H,5,7,11,13-14H2,1-2H3,(H,23,26)/t15-,18-/m0/s1. The van der Waals surface area contributed by atoms with Gasteiger partial charge in [0.2, 0.25) is 5.91 Å². The van der Waals surface area contributed by atoms with E-state index in [1.165, 1.54) is 11.3 Å². The Kier molecular flexibility index (Phi) is 7.10. The predicted molar refractivity (Wildman–Crippen MR) is 114 cm³/mol. The molecule has 2 amide bonds. The third kappa shape index (κ3) is 4.93. The number of carbonyl (C=O) groups excluding carboxylic acids is 2. The molecule has 0 bridgehead atoms. The first-order valence-corrected chi connectivity index (χ1v) is 10.7. The van der Waals surface area contributed by atoms with Crippen LogP contribution in [-0.2, 0) is 4.79 Å². The number of rotatable bonds is 6. The summed E-state index contributed by atoms with van der Waals surface area (Å²) in [5.74, 6) is -0.149. The van der Waals surface area contributed by atoms with Crippen molar-refractivity contribution in [2.24, 2.45) is 5.92 Å². The summed E-state index contributed by atoms with van der Waals surface area (Å²) in [7, 11) is 3.95. The molecule has 1 saturated heterocycles. The summed E-state index contributed by atoms with van der Waals surface area (Å²) in [6.07, 6.45) is 1.65. The van der Waals surface area contributed by atoms with E-state index in [1.807, 2.05) is 55.9 Å². The van der Waals surface area contributed by atoms with Gasteiger partial charge < -0.3 is 15.1 Å². The van der Waals surface area contributed by atoms with Crippen LogP contribution in [0.25, 0.3) is 0 Å². The summed E-state index contributed by atoms with van der Waals surface area (Å²) >= 11 is 7.79. The molecule has 3 rings (SSSR count). The molecular weight excluding hydrogens is 394 g/mol. The second-order valence-corrected chi connectivity index (χ2v) is 8.67. The van der Waals surface area contributed by atoms with Crippen molar-refractivity contribution in [1.82, 2.24) is 15.1 Å². The van der Waals surface area contributed by atoms with Crippen LogP contribution >= 0.6 is 22.9 Å². The molecular formula is C21H26ClN3O2S. The van der Waals surface area contributed by atoms with E-state index in [1.54, 1.807) is 4.90 Å². The molecule has 0 radical (unpaired) electrons. The first-order valence-electron chi connectivity index (χ1n) is 9.48. The lowest BCUT2D eigenvalue weighted by molar-refractivity contribution is -0.126. The lowest BCUT2D eigenvalue weighted by atomic mass is 9.96. The molecule has 1 N–H and O–H groups in total. The average Bonchev–Trinajstić information content (AvgIpc) is 3.23. The lowest BCUT2D eigenvalue weighted by Gasteiger charge is -2.32. The van der Waals surface area contributed by atoms with Crippen LogP contribution < -0.4 is 5.32 Å². The van der Waals surface area contributed by atoms with Crippen molar-refractivity contribution in [3.8, 4) is 0 Å². The van der Waals surface area contributed by atoms with Gasteiger partial charge in [-0.25, -0.2) is 0 Å². The Bertz CT molecular complexity index is 810. The maximum Gasteiger partial charge on any atom is 0.263 e. The number of thiophene rings is 1. The van der Waals surface area contributed by atoms with Crippen LogP contribution in [-0.4, -0.2) is 55.3 Å². The fourth-order valence-electron chi connectivity index (χ4n) is 3.59. The van der Waals surface area contributed by atoms with E-state index in [2.05, 4.69) is 10.2 Å². The van der Waals surface area contributed by atoms with Crippen molar-refractivity contribution in [2.75, 3.05) is 33.7 Å². The Hall–Kier alpha value is -1.89. The first-order chi connectivity index (χ1) is 13.5. The summed E-state index contributed by atoms with van der Waals surface area (Å²) in [6, 6.07) is 11.4. The fraction of sp³-hybridized carbons (Fsp3) is 0.429. The van der Waals surface area contributed by atoms with Gasteiger partial charge in [0, 0.05) is 24.7 Å². The van der Waals surface area contributed by atoms with Crippen molar-refractivity contribution in [3.05, 3.63) is 57.2 Å². The molecule has 7 heteroatoms. The minimum atomic E-state index is -0.174. The number of amides is 2. The number of piperidine rings is 1. The van der Waals surface area contributed by atoms with Gasteiger partial charge in [-0.05, 0) is 50.0 Å². The van der Waals surface area contributed by atoms with E-state index < -0.39 is 0 Å². The zero-order chi connectivity index (χ0) is 20.1. The molecule has 0 spiro atoms. The molecule has 2 aromatic rings. The second-order valence-electron chi connectivity index (χ2n) is 7.31. The van der Waals surface area contributed by atoms with E-state index >= 15 is 0 Å². The number of likely N-dealkylation sites (tertiary alicyclic amines) is 1. The fourth-order valence-corrected chi connectivity index (χ4v) is 4.54. The van der Waals surface area contributed by atoms with E-state index in [-0.39, 0.29) is 23.8 Å². The lowest BCUT2D eigenvalue weighted by Crippen LogP contribution is -2.46. The number of hydrogen-bond donors (Lipinski definition) is 1. The van der Waals surface area contributed by atoms with Crippen molar-refractivity contribution < 1.29 is 9.59 Å². The second kappa shape index (κ2) is 9.54. The van der Waals surface area contributed by atoms with Crippen molar-refractivity contribution in [1.29, 1.82) is 0 Å². The highest BCUT2D eigenvalue weighted by atomic mass is 35.5. The van der Waals surface area contributed by atoms with Crippen LogP contribution in [0.3, 0.4) is 0 Å². The number of carbonyl (C=O) groups is 2. The zero-order valence-corrected chi connectivity index (χ0v) is 17.8. The molecule has 0 unspecified atom stereocenters. The number of halogens is 1. The predicted octanol–water partition coefficient (Wildman–Crippen LogP) is 3.67. The summed E-state index contributed by atoms with van der Waals surface area (Å²) < 4.78 is 0. The largest absolute Gasteiger partial charge is 0.354 e. The van der Waals surface area contributed by atoms with Crippen LogP contribution in [0, 0.1) is 5.92 Å². The topological polar surface area (TPSA) is 52.7 Å². The highest BCUT2D eigenvalue weighted by Gasteiger charge is 2.30. The van der Waals surface area contributed by atoms with E-state index in [0.717, 1.165) is 23.3 Å². The van der Waals surface area contributed by atoms with Crippen LogP contribution in [0.15, 0.2) is 41.8 Å². The van der Waals surface area contributed by atoms with Gasteiger partial charge in [-0.3, -0.25) is 9.59 Å². The Morgan fingerprint density at radius 2 is 2.07 bits per heavy atom. The summed E-state index contributed by atoms with van der Waals surface area (Å²) in [5, 5.41) is 5.67. The van der Waals surface area contributed by atoms with Crippen molar-refractivity contribution in [3.63, 3.8) is 0 Å². The van der Waals surface area contributed by atoms with Crippen molar-refractivity contribution >= 4 is 34.8 Å². The quantitative estimate of drug-likeness (QED) is 0.777. The summed E-state index contributed by atoms with van der Waals surface area (Å²) in [5.41, 5.74) is 0.993. The normalized spacial score (nSPS) is 18.1. The van der Waals surface area contributed by atoms with E-state index in [9.17, 15) is 9.59 Å². The first kappa shape index (κ1) is 20.8. The molecule has 1 fully saturated rings. The van der Waals surface area contributed by atoms with Crippen molar-refractivity contribution in [2.45, 2.75) is 18.9 Å². The molecule has 1 aliphatic rings. The SMILES string of the molecule is CN(C)[C@@H](CNC(=O)[C@H]1CCCN(C(=O)c2cccs2)C1)c1ccccc1Cl. The molecule has 1 aromatic carbocycles. The highest BCUT2D eigenvalue weighted by Crippen LogP contribution is 2.26. The Balaban J connectivity index is 1.60. The molecule has 5 nitrogen and oxygen atoms in total. The zero-order valence-electron chi connectivity index (χ0n) is 16.2. The number of benzene rings is 1. The third-order valence-corrected chi connectivity index (χ3v) is 6.37. The van der Waals surface area contributed by atoms with Gasteiger partial charge in [0.15, 0.2) is 0 Å². The Labute approximate surface area is 175 Å². The van der Waals surface area contributed by atoms with Gasteiger partial charge in [0.1, 0.15) is 0 Å². The minimum absolute atomic E-state index is 0.00239. The van der Waals surface area contributed by atoms with Gasteiger partial charge in [0.05, 0.1) is 16.8 Å². The van der Waals surface area contributed by atoms with Gasteiger partial charge >= 0.3 is 0 Å². The van der Waals surface area contributed by atoms with Crippen LogP contribution in [0.1, 0.15) is 34.1 Å². The molecule has 0 aliphatic carbocycles. The van der Waals surface area contributed by atoms with Gasteiger partial charge in [-0.15, -0.1) is 11.3 Å². The molecule has 1 aromatic heterocycles. The average molecular weight is 420 g/mol. The van der Waals surface area contributed by atoms with Crippen LogP contribution in [0.2, 0.25) is 5.02 Å². The Morgan fingerprint density at radius 3 is 2.75 bits per heavy atom. The number of hydrogen-bond acceptors (Lipinski definition) is 4. The van der Waals surface area contributed by atoms with Gasteiger partial charge in [-0.2, -0.15) is 0 Å². The van der Waals surface area contributed by atoms with Gasteiger partial charge in [-0.1, -0.05) is 35.9 Å². The molecule has 150 valence electrons. The molecule has 2 atom stereocenters. The smallest absolute Gasteiger partial charge is 0.263 e. The van der Waals surface area contributed by atoms with Crippen LogP contribution in [0.5, 0.6) is 0 Å². The van der Waals surface area contributed by atoms with E-state index in [4.69, 9.17) is 11.6 Å². The molecule has 2 heterocycles. The number of nitrogens with zero attached hydrogens (tertiary/aromatic N) is 2. The van der Waals surface area contributed by atoms with Crippen LogP contribution in [0.4, 0.5) is 0 Å².